The van der Waals surface area contributed by atoms with Gasteiger partial charge in [-0.25, -0.2) is 0 Å². The van der Waals surface area contributed by atoms with Gasteiger partial charge in [-0.15, -0.1) is 0 Å². The predicted molar refractivity (Wildman–Crippen MR) is 87.7 cm³/mol. The molecule has 0 saturated heterocycles. The van der Waals surface area contributed by atoms with Crippen LogP contribution in [0, 0.1) is 23.2 Å². The van der Waals surface area contributed by atoms with E-state index in [9.17, 15) is 5.26 Å². The molecule has 0 aliphatic heterocycles. The number of nitriles is 1. The number of unbranched alkanes of at least 4 members (excludes halogenated alkanes) is 1. The summed E-state index contributed by atoms with van der Waals surface area (Å²) in [6.45, 7) is 17.6. The summed E-state index contributed by atoms with van der Waals surface area (Å²) in [5, 5.41) is 12.5. The molecule has 0 rings (SSSR count). The van der Waals surface area contributed by atoms with Gasteiger partial charge in [0, 0.05) is 13.1 Å². The average molecular weight is 281 g/mol. The van der Waals surface area contributed by atoms with Gasteiger partial charge in [-0.1, -0.05) is 34.6 Å². The summed E-state index contributed by atoms with van der Waals surface area (Å²) < 4.78 is 0. The van der Waals surface area contributed by atoms with Gasteiger partial charge < -0.3 is 4.90 Å². The van der Waals surface area contributed by atoms with Crippen molar-refractivity contribution in [2.45, 2.75) is 66.3 Å². The topological polar surface area (TPSA) is 39.1 Å². The number of hydrogen-bond donors (Lipinski definition) is 1. The normalized spacial score (nSPS) is 14.8. The molecule has 0 aromatic heterocycles. The minimum Gasteiger partial charge on any atom is -0.303 e. The Bertz CT molecular complexity index is 270. The molecular formula is C17H35N3. The molecule has 1 N–H and O–H groups in total. The van der Waals surface area contributed by atoms with E-state index in [-0.39, 0.29) is 5.54 Å². The first kappa shape index (κ1) is 19.4. The maximum absolute atomic E-state index is 9.24. The Balaban J connectivity index is 4.07. The largest absolute Gasteiger partial charge is 0.303 e. The first-order valence-corrected chi connectivity index (χ1v) is 8.21. The van der Waals surface area contributed by atoms with E-state index in [0.29, 0.717) is 0 Å². The smallest absolute Gasteiger partial charge is 0.103 e. The lowest BCUT2D eigenvalue weighted by Crippen LogP contribution is -2.40. The molecule has 3 heteroatoms. The molecular weight excluding hydrogens is 246 g/mol. The summed E-state index contributed by atoms with van der Waals surface area (Å²) in [5.74, 6) is 1.44. The minimum absolute atomic E-state index is 0.352. The van der Waals surface area contributed by atoms with Crippen LogP contribution in [0.5, 0.6) is 0 Å². The third-order valence-electron chi connectivity index (χ3n) is 3.46. The highest BCUT2D eigenvalue weighted by Crippen LogP contribution is 2.14. The van der Waals surface area contributed by atoms with E-state index in [1.807, 2.05) is 6.92 Å². The van der Waals surface area contributed by atoms with Gasteiger partial charge in [0.25, 0.3) is 0 Å². The lowest BCUT2D eigenvalue weighted by Gasteiger charge is -2.27. The summed E-state index contributed by atoms with van der Waals surface area (Å²) in [7, 11) is 0. The Hall–Kier alpha value is -0.590. The van der Waals surface area contributed by atoms with Crippen molar-refractivity contribution in [2.75, 3.05) is 26.2 Å². The Morgan fingerprint density at radius 2 is 1.65 bits per heavy atom. The van der Waals surface area contributed by atoms with Crippen LogP contribution >= 0.6 is 0 Å². The summed E-state index contributed by atoms with van der Waals surface area (Å²) in [6, 6.07) is 2.41. The third-order valence-corrected chi connectivity index (χ3v) is 3.46. The van der Waals surface area contributed by atoms with Crippen molar-refractivity contribution in [3.05, 3.63) is 0 Å². The van der Waals surface area contributed by atoms with Crippen LogP contribution in [0.3, 0.4) is 0 Å². The van der Waals surface area contributed by atoms with Crippen molar-refractivity contribution < 1.29 is 0 Å². The highest BCUT2D eigenvalue weighted by atomic mass is 15.1. The number of rotatable bonds is 11. The Morgan fingerprint density at radius 1 is 1.10 bits per heavy atom. The van der Waals surface area contributed by atoms with Crippen molar-refractivity contribution in [2.24, 2.45) is 11.8 Å². The van der Waals surface area contributed by atoms with Crippen LogP contribution in [0.2, 0.25) is 0 Å². The molecule has 0 aliphatic carbocycles. The number of nitrogens with one attached hydrogen (secondary N) is 1. The van der Waals surface area contributed by atoms with Crippen LogP contribution in [0.4, 0.5) is 0 Å². The fourth-order valence-corrected chi connectivity index (χ4v) is 2.68. The highest BCUT2D eigenvalue weighted by Gasteiger charge is 2.21. The van der Waals surface area contributed by atoms with Crippen LogP contribution < -0.4 is 5.32 Å². The van der Waals surface area contributed by atoms with Gasteiger partial charge in [0.15, 0.2) is 0 Å². The molecule has 20 heavy (non-hydrogen) atoms. The Kier molecular flexibility index (Phi) is 9.88. The summed E-state index contributed by atoms with van der Waals surface area (Å²) in [5.41, 5.74) is -0.352. The SMILES string of the molecule is CCNC(C)(C#N)CCCCN(CC(C)C)CC(C)C. The standard InChI is InChI=1S/C17H35N3/c1-7-19-17(6,14-18)10-8-9-11-20(12-15(2)3)13-16(4)5/h15-16,19H,7-13H2,1-6H3. The fraction of sp³-hybridized carbons (Fsp3) is 0.941. The molecule has 0 radical (unpaired) electrons. The van der Waals surface area contributed by atoms with Crippen LogP contribution in [-0.4, -0.2) is 36.6 Å². The second kappa shape index (κ2) is 10.2. The van der Waals surface area contributed by atoms with E-state index < -0.39 is 0 Å². The lowest BCUT2D eigenvalue weighted by atomic mass is 9.96. The second-order valence-electron chi connectivity index (χ2n) is 6.98. The van der Waals surface area contributed by atoms with Gasteiger partial charge in [-0.05, 0) is 51.1 Å². The predicted octanol–water partition coefficient (Wildman–Crippen LogP) is 3.66. The maximum atomic E-state index is 9.24. The van der Waals surface area contributed by atoms with Gasteiger partial charge in [0.1, 0.15) is 5.54 Å². The molecule has 1 atom stereocenters. The Labute approximate surface area is 126 Å². The van der Waals surface area contributed by atoms with E-state index in [1.165, 1.54) is 19.5 Å². The zero-order chi connectivity index (χ0) is 15.6. The molecule has 0 aromatic carbocycles. The van der Waals surface area contributed by atoms with Crippen molar-refractivity contribution in [1.82, 2.24) is 10.2 Å². The Morgan fingerprint density at radius 3 is 2.05 bits per heavy atom. The van der Waals surface area contributed by atoms with Crippen LogP contribution in [0.15, 0.2) is 0 Å². The van der Waals surface area contributed by atoms with E-state index in [1.54, 1.807) is 0 Å². The molecule has 3 nitrogen and oxygen atoms in total. The zero-order valence-electron chi connectivity index (χ0n) is 14.5. The van der Waals surface area contributed by atoms with Gasteiger partial charge in [-0.3, -0.25) is 5.32 Å². The monoisotopic (exact) mass is 281 g/mol. The molecule has 0 heterocycles. The van der Waals surface area contributed by atoms with Crippen molar-refractivity contribution in [3.8, 4) is 6.07 Å². The molecule has 0 spiro atoms. The number of hydrogen-bond acceptors (Lipinski definition) is 3. The molecule has 1 unspecified atom stereocenters. The van der Waals surface area contributed by atoms with Crippen LogP contribution in [0.25, 0.3) is 0 Å². The fourth-order valence-electron chi connectivity index (χ4n) is 2.68. The van der Waals surface area contributed by atoms with Crippen LogP contribution in [0.1, 0.15) is 60.8 Å². The molecule has 0 amide bonds. The van der Waals surface area contributed by atoms with Crippen LogP contribution in [-0.2, 0) is 0 Å². The quantitative estimate of drug-likeness (QED) is 0.587. The first-order chi connectivity index (χ1) is 9.33. The highest BCUT2D eigenvalue weighted by molar-refractivity contribution is 5.03. The van der Waals surface area contributed by atoms with E-state index in [0.717, 1.165) is 37.8 Å². The van der Waals surface area contributed by atoms with Crippen molar-refractivity contribution in [3.63, 3.8) is 0 Å². The second-order valence-corrected chi connectivity index (χ2v) is 6.98. The molecule has 0 aromatic rings. The van der Waals surface area contributed by atoms with Crippen molar-refractivity contribution in [1.29, 1.82) is 5.26 Å². The van der Waals surface area contributed by atoms with Gasteiger partial charge in [0.05, 0.1) is 6.07 Å². The number of nitrogens with zero attached hydrogens (tertiary/aromatic N) is 2. The van der Waals surface area contributed by atoms with E-state index >= 15 is 0 Å². The first-order valence-electron chi connectivity index (χ1n) is 8.21. The van der Waals surface area contributed by atoms with Gasteiger partial charge in [-0.2, -0.15) is 5.26 Å². The minimum atomic E-state index is -0.352. The average Bonchev–Trinajstić information content (AvgIpc) is 2.33. The van der Waals surface area contributed by atoms with E-state index in [2.05, 4.69) is 50.9 Å². The molecule has 0 bridgehead atoms. The molecule has 0 saturated carbocycles. The summed E-state index contributed by atoms with van der Waals surface area (Å²) in [6.07, 6.45) is 3.24. The maximum Gasteiger partial charge on any atom is 0.103 e. The summed E-state index contributed by atoms with van der Waals surface area (Å²) in [4.78, 5) is 2.58. The molecule has 118 valence electrons. The third kappa shape index (κ3) is 9.34. The summed E-state index contributed by atoms with van der Waals surface area (Å²) >= 11 is 0. The zero-order valence-corrected chi connectivity index (χ0v) is 14.5. The van der Waals surface area contributed by atoms with Gasteiger partial charge in [0.2, 0.25) is 0 Å². The molecule has 0 fully saturated rings. The van der Waals surface area contributed by atoms with E-state index in [4.69, 9.17) is 0 Å². The van der Waals surface area contributed by atoms with Crippen molar-refractivity contribution >= 4 is 0 Å². The lowest BCUT2D eigenvalue weighted by molar-refractivity contribution is 0.213. The molecule has 0 aliphatic rings. The van der Waals surface area contributed by atoms with Gasteiger partial charge >= 0.3 is 0 Å².